The fourth-order valence-electron chi connectivity index (χ4n) is 0. The van der Waals surface area contributed by atoms with E-state index in [1.54, 1.807) is 7.05 Å². The lowest BCUT2D eigenvalue weighted by Gasteiger charge is -1.62. The molecule has 6 heavy (non-hydrogen) atoms. The molecule has 0 spiro atoms. The molecule has 0 saturated heterocycles. The summed E-state index contributed by atoms with van der Waals surface area (Å²) in [6.07, 6.45) is 0. The molecular weight excluding hydrogens is 82.8 g/mol. The van der Waals surface area contributed by atoms with Gasteiger partial charge in [0.05, 0.1) is 0 Å². The predicted molar refractivity (Wildman–Crippen MR) is 23.4 cm³/mol. The maximum absolute atomic E-state index is 7.00. The molecule has 4 nitrogen and oxygen atoms in total. The fraction of sp³-hybridized carbons (Fsp3) is 1.00. The predicted octanol–water partition coefficient (Wildman–Crippen LogP) is -2.42. The van der Waals surface area contributed by atoms with E-state index in [-0.39, 0.29) is 7.69 Å². The molecule has 0 aromatic heterocycles. The van der Waals surface area contributed by atoms with Gasteiger partial charge in [-0.3, -0.25) is 11.3 Å². The van der Waals surface area contributed by atoms with E-state index in [1.165, 1.54) is 0 Å². The lowest BCUT2D eigenvalue weighted by molar-refractivity contribution is 0.448. The van der Waals surface area contributed by atoms with E-state index in [4.69, 9.17) is 10.0 Å². The van der Waals surface area contributed by atoms with Gasteiger partial charge in [0.15, 0.2) is 0 Å². The molecule has 0 fully saturated rings. The summed E-state index contributed by atoms with van der Waals surface area (Å²) >= 11 is 0. The van der Waals surface area contributed by atoms with Crippen LogP contribution < -0.4 is 11.3 Å². The van der Waals surface area contributed by atoms with Gasteiger partial charge >= 0.3 is 7.69 Å². The number of nitrogens with two attached hydrogens (primary N) is 1. The van der Waals surface area contributed by atoms with Gasteiger partial charge in [0.25, 0.3) is 0 Å². The quantitative estimate of drug-likeness (QED) is 0.152. The van der Waals surface area contributed by atoms with Crippen LogP contribution in [0.3, 0.4) is 0 Å². The second-order valence-electron chi connectivity index (χ2n) is 0.404. The summed E-state index contributed by atoms with van der Waals surface area (Å²) in [5.74, 6) is 4.60. The highest BCUT2D eigenvalue weighted by atomic mass is 16.4. The van der Waals surface area contributed by atoms with E-state index in [0.717, 1.165) is 0 Å². The number of hydrogen-bond acceptors (Lipinski definition) is 4. The van der Waals surface area contributed by atoms with Crippen LogP contribution >= 0.6 is 0 Å². The Morgan fingerprint density at radius 2 is 1.67 bits per heavy atom. The Hall–Kier alpha value is -0.0951. The first-order valence-electron chi connectivity index (χ1n) is 1.31. The zero-order chi connectivity index (χ0) is 5.41. The highest BCUT2D eigenvalue weighted by Gasteiger charge is 1.51. The summed E-state index contributed by atoms with van der Waals surface area (Å²) in [5, 5.41) is 14.0. The van der Waals surface area contributed by atoms with Crippen LogP contribution in [-0.2, 0) is 0 Å². The van der Waals surface area contributed by atoms with Crippen molar-refractivity contribution in [3.8, 4) is 0 Å². The zero-order valence-corrected chi connectivity index (χ0v) is 3.55. The standard InChI is InChI=1S/CH6N2.BH2O2/c1-3-2;2-1-3/h3H,2H2,1H3;2-3H. The van der Waals surface area contributed by atoms with Crippen molar-refractivity contribution in [1.29, 1.82) is 0 Å². The molecule has 0 saturated carbocycles. The monoisotopic (exact) mass is 91.1 g/mol. The summed E-state index contributed by atoms with van der Waals surface area (Å²) < 4.78 is 0. The molecule has 0 rings (SSSR count). The van der Waals surface area contributed by atoms with Gasteiger partial charge in [-0.2, -0.15) is 0 Å². The van der Waals surface area contributed by atoms with Crippen molar-refractivity contribution in [3.05, 3.63) is 0 Å². The van der Waals surface area contributed by atoms with Crippen molar-refractivity contribution in [2.45, 2.75) is 0 Å². The average Bonchev–Trinajstić information content (AvgIpc) is 1.39. The Bertz CT molecular complexity index is 13.5. The minimum absolute atomic E-state index is 0. The molecule has 0 bridgehead atoms. The third kappa shape index (κ3) is 3650. The maximum atomic E-state index is 7.00. The van der Waals surface area contributed by atoms with Gasteiger partial charge in [0.1, 0.15) is 0 Å². The molecule has 0 aliphatic heterocycles. The first-order chi connectivity index (χ1) is 2.83. The van der Waals surface area contributed by atoms with Crippen molar-refractivity contribution >= 4 is 7.69 Å². The lowest BCUT2D eigenvalue weighted by atomic mass is 10.5. The Balaban J connectivity index is 0. The van der Waals surface area contributed by atoms with Crippen LogP contribution in [0.1, 0.15) is 0 Å². The molecule has 37 valence electrons. The van der Waals surface area contributed by atoms with Gasteiger partial charge in [-0.05, 0) is 7.05 Å². The first kappa shape index (κ1) is 9.32. The van der Waals surface area contributed by atoms with Crippen LogP contribution in [0.2, 0.25) is 0 Å². The van der Waals surface area contributed by atoms with Crippen molar-refractivity contribution in [1.82, 2.24) is 5.43 Å². The molecule has 0 aromatic rings. The topological polar surface area (TPSA) is 78.5 Å². The maximum Gasteiger partial charge on any atom is 0.482 e. The van der Waals surface area contributed by atoms with Gasteiger partial charge in [-0.1, -0.05) is 0 Å². The smallest absolute Gasteiger partial charge is 0.429 e. The molecule has 5 N–H and O–H groups in total. The van der Waals surface area contributed by atoms with Crippen molar-refractivity contribution in [2.24, 2.45) is 5.84 Å². The average molecular weight is 90.9 g/mol. The molecular formula is CH8BN2O2. The second-order valence-corrected chi connectivity index (χ2v) is 0.404. The van der Waals surface area contributed by atoms with Crippen molar-refractivity contribution in [2.75, 3.05) is 7.05 Å². The highest BCUT2D eigenvalue weighted by molar-refractivity contribution is 6.13. The molecule has 0 aromatic carbocycles. The van der Waals surface area contributed by atoms with Crippen molar-refractivity contribution in [3.63, 3.8) is 0 Å². The van der Waals surface area contributed by atoms with Crippen LogP contribution in [0.25, 0.3) is 0 Å². The number of hydrazine groups is 1. The highest BCUT2D eigenvalue weighted by Crippen LogP contribution is 1.08. The second kappa shape index (κ2) is 20.6. The van der Waals surface area contributed by atoms with Gasteiger partial charge in [0, 0.05) is 0 Å². The molecule has 5 heteroatoms. The van der Waals surface area contributed by atoms with E-state index >= 15 is 0 Å². The molecule has 0 aliphatic rings. The minimum atomic E-state index is 0. The molecule has 0 amide bonds. The molecule has 1 radical (unpaired) electrons. The summed E-state index contributed by atoms with van der Waals surface area (Å²) in [4.78, 5) is 0. The van der Waals surface area contributed by atoms with Gasteiger partial charge in [-0.15, -0.1) is 0 Å². The van der Waals surface area contributed by atoms with Gasteiger partial charge < -0.3 is 10.0 Å². The Labute approximate surface area is 37.3 Å². The molecule has 0 atom stereocenters. The fourth-order valence-corrected chi connectivity index (χ4v) is 0. The Morgan fingerprint density at radius 1 is 1.67 bits per heavy atom. The molecule has 0 unspecified atom stereocenters. The van der Waals surface area contributed by atoms with Crippen molar-refractivity contribution < 1.29 is 10.0 Å². The van der Waals surface area contributed by atoms with Gasteiger partial charge in [-0.25, -0.2) is 0 Å². The number of hydrogen-bond donors (Lipinski definition) is 4. The van der Waals surface area contributed by atoms with Crippen LogP contribution in [0.5, 0.6) is 0 Å². The van der Waals surface area contributed by atoms with E-state index in [9.17, 15) is 0 Å². The summed E-state index contributed by atoms with van der Waals surface area (Å²) in [7, 11) is 1.65. The molecule has 0 aliphatic carbocycles. The molecule has 0 heterocycles. The largest absolute Gasteiger partial charge is 0.482 e. The van der Waals surface area contributed by atoms with Crippen LogP contribution in [0, 0.1) is 0 Å². The normalized spacial score (nSPS) is 5.33. The number of rotatable bonds is 0. The number of nitrogens with one attached hydrogen (secondary N) is 1. The Morgan fingerprint density at radius 3 is 1.67 bits per heavy atom. The SMILES string of the molecule is CNN.O[B]O. The Kier molecular flexibility index (Phi) is 32.0. The van der Waals surface area contributed by atoms with Crippen LogP contribution in [0.15, 0.2) is 0 Å². The van der Waals surface area contributed by atoms with E-state index in [2.05, 4.69) is 11.3 Å². The summed E-state index contributed by atoms with van der Waals surface area (Å²) in [6.45, 7) is 0. The first-order valence-corrected chi connectivity index (χ1v) is 1.31. The third-order valence-corrected chi connectivity index (χ3v) is 0. The van der Waals surface area contributed by atoms with Crippen LogP contribution in [-0.4, -0.2) is 24.8 Å². The van der Waals surface area contributed by atoms with E-state index in [1.807, 2.05) is 0 Å². The zero-order valence-electron chi connectivity index (χ0n) is 3.55. The summed E-state index contributed by atoms with van der Waals surface area (Å²) in [6, 6.07) is 0. The minimum Gasteiger partial charge on any atom is -0.429 e. The van der Waals surface area contributed by atoms with E-state index < -0.39 is 0 Å². The van der Waals surface area contributed by atoms with Gasteiger partial charge in [0.2, 0.25) is 0 Å². The van der Waals surface area contributed by atoms with E-state index in [0.29, 0.717) is 0 Å². The van der Waals surface area contributed by atoms with Crippen LogP contribution in [0.4, 0.5) is 0 Å². The third-order valence-electron chi connectivity index (χ3n) is 0. The summed E-state index contributed by atoms with van der Waals surface area (Å²) in [5.41, 5.74) is 2.25. The lowest BCUT2D eigenvalue weighted by Crippen LogP contribution is -2.13.